The summed E-state index contributed by atoms with van der Waals surface area (Å²) in [6.45, 7) is 8.57. The van der Waals surface area contributed by atoms with Crippen LogP contribution in [-0.2, 0) is 5.41 Å². The second-order valence-corrected chi connectivity index (χ2v) is 6.12. The molecule has 0 aliphatic carbocycles. The van der Waals surface area contributed by atoms with Gasteiger partial charge in [0.15, 0.2) is 0 Å². The Bertz CT molecular complexity index is 619. The molecule has 0 spiro atoms. The maximum Gasteiger partial charge on any atom is 0.124 e. The molecule has 0 aliphatic rings. The summed E-state index contributed by atoms with van der Waals surface area (Å²) in [5.74, 6) is 0.255. The van der Waals surface area contributed by atoms with Crippen molar-refractivity contribution in [3.63, 3.8) is 0 Å². The van der Waals surface area contributed by atoms with Crippen LogP contribution in [0.15, 0.2) is 47.5 Å². The van der Waals surface area contributed by atoms with Crippen molar-refractivity contribution in [2.24, 2.45) is 4.99 Å². The number of hydrogen-bond acceptors (Lipinski definition) is 2. The minimum absolute atomic E-state index is 0.150. The van der Waals surface area contributed by atoms with Crippen LogP contribution in [-0.4, -0.2) is 11.3 Å². The molecule has 0 amide bonds. The van der Waals surface area contributed by atoms with E-state index in [1.54, 1.807) is 12.3 Å². The Kier molecular flexibility index (Phi) is 3.93. The van der Waals surface area contributed by atoms with E-state index >= 15 is 0 Å². The molecule has 0 atom stereocenters. The Morgan fingerprint density at radius 2 is 1.65 bits per heavy atom. The Balaban J connectivity index is 2.21. The number of benzene rings is 2. The lowest BCUT2D eigenvalue weighted by molar-refractivity contribution is 0.474. The number of aryl methyl sites for hydroxylation is 1. The second-order valence-electron chi connectivity index (χ2n) is 6.12. The van der Waals surface area contributed by atoms with E-state index in [9.17, 15) is 5.11 Å². The van der Waals surface area contributed by atoms with Crippen LogP contribution in [0.2, 0.25) is 0 Å². The number of hydrogen-bond donors (Lipinski definition) is 1. The van der Waals surface area contributed by atoms with Crippen LogP contribution in [0, 0.1) is 6.92 Å². The third-order valence-corrected chi connectivity index (χ3v) is 3.27. The summed E-state index contributed by atoms with van der Waals surface area (Å²) >= 11 is 0. The van der Waals surface area contributed by atoms with Crippen LogP contribution in [0.25, 0.3) is 0 Å². The van der Waals surface area contributed by atoms with Crippen molar-refractivity contribution in [1.82, 2.24) is 0 Å². The van der Waals surface area contributed by atoms with Crippen LogP contribution in [0.4, 0.5) is 5.69 Å². The Morgan fingerprint density at radius 1 is 1.00 bits per heavy atom. The number of aliphatic imine (C=N–C) groups is 1. The molecule has 0 saturated carbocycles. The van der Waals surface area contributed by atoms with Crippen molar-refractivity contribution in [1.29, 1.82) is 0 Å². The minimum atomic E-state index is 0.150. The van der Waals surface area contributed by atoms with Crippen LogP contribution in [0.1, 0.15) is 37.5 Å². The van der Waals surface area contributed by atoms with Gasteiger partial charge in [0.2, 0.25) is 0 Å². The molecule has 0 saturated heterocycles. The molecule has 20 heavy (non-hydrogen) atoms. The molecular weight excluding hydrogens is 246 g/mol. The Labute approximate surface area is 120 Å². The van der Waals surface area contributed by atoms with E-state index in [4.69, 9.17) is 0 Å². The summed E-state index contributed by atoms with van der Waals surface area (Å²) in [5.41, 5.74) is 4.17. The first-order chi connectivity index (χ1) is 9.36. The normalized spacial score (nSPS) is 12.0. The van der Waals surface area contributed by atoms with E-state index < -0.39 is 0 Å². The molecule has 2 heteroatoms. The molecule has 0 aromatic heterocycles. The van der Waals surface area contributed by atoms with Crippen LogP contribution < -0.4 is 0 Å². The van der Waals surface area contributed by atoms with Gasteiger partial charge in [-0.1, -0.05) is 44.5 Å². The zero-order valence-corrected chi connectivity index (χ0v) is 12.5. The molecule has 0 unspecified atom stereocenters. The fraction of sp³-hybridized carbons (Fsp3) is 0.278. The third-order valence-electron chi connectivity index (χ3n) is 3.27. The van der Waals surface area contributed by atoms with Crippen molar-refractivity contribution < 1.29 is 5.11 Å². The van der Waals surface area contributed by atoms with Gasteiger partial charge in [-0.05, 0) is 42.2 Å². The molecular formula is C18H21NO. The summed E-state index contributed by atoms with van der Waals surface area (Å²) in [6.07, 6.45) is 1.70. The summed E-state index contributed by atoms with van der Waals surface area (Å²) in [6, 6.07) is 13.7. The van der Waals surface area contributed by atoms with E-state index in [1.165, 1.54) is 5.56 Å². The molecule has 0 fully saturated rings. The monoisotopic (exact) mass is 267 g/mol. The molecule has 1 N–H and O–H groups in total. The highest BCUT2D eigenvalue weighted by atomic mass is 16.3. The van der Waals surface area contributed by atoms with Crippen molar-refractivity contribution >= 4 is 11.9 Å². The highest BCUT2D eigenvalue weighted by Gasteiger charge is 2.12. The quantitative estimate of drug-likeness (QED) is 0.782. The van der Waals surface area contributed by atoms with Crippen molar-refractivity contribution in [2.75, 3.05) is 0 Å². The Hall–Kier alpha value is -2.09. The smallest absolute Gasteiger partial charge is 0.124 e. The lowest BCUT2D eigenvalue weighted by atomic mass is 9.87. The van der Waals surface area contributed by atoms with Gasteiger partial charge in [0.25, 0.3) is 0 Å². The highest BCUT2D eigenvalue weighted by molar-refractivity contribution is 5.85. The van der Waals surface area contributed by atoms with Gasteiger partial charge < -0.3 is 5.11 Å². The predicted molar refractivity (Wildman–Crippen MR) is 85.2 cm³/mol. The molecule has 2 rings (SSSR count). The van der Waals surface area contributed by atoms with E-state index in [1.807, 2.05) is 31.2 Å². The first-order valence-electron chi connectivity index (χ1n) is 6.80. The first kappa shape index (κ1) is 14.3. The number of phenols is 1. The Morgan fingerprint density at radius 3 is 2.25 bits per heavy atom. The van der Waals surface area contributed by atoms with Crippen molar-refractivity contribution in [3.05, 3.63) is 59.2 Å². The second kappa shape index (κ2) is 5.49. The molecule has 0 heterocycles. The summed E-state index contributed by atoms with van der Waals surface area (Å²) in [5, 5.41) is 9.77. The lowest BCUT2D eigenvalue weighted by Gasteiger charge is -2.18. The summed E-state index contributed by atoms with van der Waals surface area (Å²) < 4.78 is 0. The minimum Gasteiger partial charge on any atom is -0.507 e. The van der Waals surface area contributed by atoms with Crippen molar-refractivity contribution in [2.45, 2.75) is 33.1 Å². The molecule has 0 bridgehead atoms. The fourth-order valence-electron chi connectivity index (χ4n) is 1.97. The summed E-state index contributed by atoms with van der Waals surface area (Å²) in [7, 11) is 0. The number of aromatic hydroxyl groups is 1. The van der Waals surface area contributed by atoms with Crippen LogP contribution >= 0.6 is 0 Å². The van der Waals surface area contributed by atoms with Gasteiger partial charge in [0.05, 0.1) is 5.69 Å². The molecule has 2 aromatic rings. The standard InChI is InChI=1S/C18H21NO/c1-13-5-10-17(20)14(11-13)12-19-16-8-6-15(7-9-16)18(2,3)4/h5-12,20H,1-4H3. The van der Waals surface area contributed by atoms with Crippen LogP contribution in [0.5, 0.6) is 5.75 Å². The largest absolute Gasteiger partial charge is 0.507 e. The van der Waals surface area contributed by atoms with Gasteiger partial charge in [-0.3, -0.25) is 4.99 Å². The van der Waals surface area contributed by atoms with Gasteiger partial charge in [-0.2, -0.15) is 0 Å². The lowest BCUT2D eigenvalue weighted by Crippen LogP contribution is -2.10. The number of nitrogens with zero attached hydrogens (tertiary/aromatic N) is 1. The van der Waals surface area contributed by atoms with Gasteiger partial charge in [-0.25, -0.2) is 0 Å². The SMILES string of the molecule is Cc1ccc(O)c(C=Nc2ccc(C(C)(C)C)cc2)c1. The van der Waals surface area contributed by atoms with Gasteiger partial charge >= 0.3 is 0 Å². The number of rotatable bonds is 2. The zero-order chi connectivity index (χ0) is 14.8. The zero-order valence-electron chi connectivity index (χ0n) is 12.5. The molecule has 0 radical (unpaired) electrons. The number of phenolic OH excluding ortho intramolecular Hbond substituents is 1. The summed E-state index contributed by atoms with van der Waals surface area (Å²) in [4.78, 5) is 4.42. The van der Waals surface area contributed by atoms with E-state index in [0.29, 0.717) is 0 Å². The fourth-order valence-corrected chi connectivity index (χ4v) is 1.97. The molecule has 2 nitrogen and oxygen atoms in total. The maximum atomic E-state index is 9.77. The van der Waals surface area contributed by atoms with Gasteiger partial charge in [0.1, 0.15) is 5.75 Å². The average molecular weight is 267 g/mol. The van der Waals surface area contributed by atoms with E-state index in [-0.39, 0.29) is 11.2 Å². The van der Waals surface area contributed by atoms with Crippen LogP contribution in [0.3, 0.4) is 0 Å². The highest BCUT2D eigenvalue weighted by Crippen LogP contribution is 2.24. The molecule has 0 aliphatic heterocycles. The average Bonchev–Trinajstić information content (AvgIpc) is 2.39. The van der Waals surface area contributed by atoms with Gasteiger partial charge in [-0.15, -0.1) is 0 Å². The van der Waals surface area contributed by atoms with Gasteiger partial charge in [0, 0.05) is 11.8 Å². The third kappa shape index (κ3) is 3.47. The predicted octanol–water partition coefficient (Wildman–Crippen LogP) is 4.75. The molecule has 104 valence electrons. The first-order valence-corrected chi connectivity index (χ1v) is 6.80. The maximum absolute atomic E-state index is 9.77. The van der Waals surface area contributed by atoms with E-state index in [0.717, 1.165) is 16.8 Å². The van der Waals surface area contributed by atoms with E-state index in [2.05, 4.69) is 37.9 Å². The van der Waals surface area contributed by atoms with Crippen molar-refractivity contribution in [3.8, 4) is 5.75 Å². The topological polar surface area (TPSA) is 32.6 Å². The molecule has 2 aromatic carbocycles.